The van der Waals surface area contributed by atoms with E-state index < -0.39 is 0 Å². The molecule has 88 valence electrons. The first kappa shape index (κ1) is 12.4. The van der Waals surface area contributed by atoms with Crippen LogP contribution in [0.15, 0.2) is 0 Å². The van der Waals surface area contributed by atoms with Crippen LogP contribution in [0.4, 0.5) is 0 Å². The van der Waals surface area contributed by atoms with Gasteiger partial charge < -0.3 is 14.7 Å². The molecule has 5 heteroatoms. The number of morpholine rings is 1. The zero-order chi connectivity index (χ0) is 11.4. The minimum absolute atomic E-state index is 0.0133. The van der Waals surface area contributed by atoms with E-state index in [4.69, 9.17) is 9.84 Å². The topological polar surface area (TPSA) is 53.0 Å². The van der Waals surface area contributed by atoms with Gasteiger partial charge in [-0.3, -0.25) is 9.69 Å². The molecular weight excluding hydrogens is 196 g/mol. The Kier molecular flexibility index (Phi) is 4.50. The van der Waals surface area contributed by atoms with Crippen LogP contribution in [0.25, 0.3) is 0 Å². The number of carbonyl (C=O) groups is 1. The molecule has 0 bridgehead atoms. The van der Waals surface area contributed by atoms with E-state index in [0.29, 0.717) is 13.2 Å². The van der Waals surface area contributed by atoms with Crippen molar-refractivity contribution < 1.29 is 14.6 Å². The van der Waals surface area contributed by atoms with Gasteiger partial charge in [-0.05, 0) is 6.92 Å². The Morgan fingerprint density at radius 1 is 1.67 bits per heavy atom. The number of likely N-dealkylation sites (N-methyl/N-ethyl adjacent to an activating group) is 1. The van der Waals surface area contributed by atoms with Crippen molar-refractivity contribution in [3.63, 3.8) is 0 Å². The van der Waals surface area contributed by atoms with Gasteiger partial charge >= 0.3 is 0 Å². The van der Waals surface area contributed by atoms with E-state index in [-0.39, 0.29) is 24.7 Å². The average Bonchev–Trinajstić information content (AvgIpc) is 2.27. The molecule has 1 N–H and O–H groups in total. The number of hydrogen-bond donors (Lipinski definition) is 1. The maximum atomic E-state index is 11.7. The van der Waals surface area contributed by atoms with Crippen LogP contribution in [0.1, 0.15) is 6.92 Å². The van der Waals surface area contributed by atoms with Gasteiger partial charge in [-0.15, -0.1) is 0 Å². The standard InChI is InChI=1S/C10H20N2O3/c1-8(10(14)11(2)3)12-4-5-15-9(6-12)7-13/h8-9,13H,4-7H2,1-3H3. The molecule has 1 aliphatic heterocycles. The highest BCUT2D eigenvalue weighted by atomic mass is 16.5. The number of amides is 1. The molecule has 1 heterocycles. The predicted molar refractivity (Wildman–Crippen MR) is 56.6 cm³/mol. The van der Waals surface area contributed by atoms with Gasteiger partial charge in [0.25, 0.3) is 0 Å². The van der Waals surface area contributed by atoms with Crippen LogP contribution in [-0.4, -0.2) is 73.4 Å². The van der Waals surface area contributed by atoms with E-state index in [9.17, 15) is 4.79 Å². The molecular formula is C10H20N2O3. The number of ether oxygens (including phenoxy) is 1. The number of nitrogens with zero attached hydrogens (tertiary/aromatic N) is 2. The fraction of sp³-hybridized carbons (Fsp3) is 0.900. The van der Waals surface area contributed by atoms with Gasteiger partial charge in [0.15, 0.2) is 0 Å². The Balaban J connectivity index is 2.51. The van der Waals surface area contributed by atoms with Crippen LogP contribution in [0.5, 0.6) is 0 Å². The fourth-order valence-corrected chi connectivity index (χ4v) is 1.73. The number of hydrogen-bond acceptors (Lipinski definition) is 4. The van der Waals surface area contributed by atoms with Crippen molar-refractivity contribution in [2.45, 2.75) is 19.1 Å². The van der Waals surface area contributed by atoms with Gasteiger partial charge in [-0.25, -0.2) is 0 Å². The van der Waals surface area contributed by atoms with Gasteiger partial charge in [0.2, 0.25) is 5.91 Å². The molecule has 2 unspecified atom stereocenters. The Bertz CT molecular complexity index is 221. The van der Waals surface area contributed by atoms with E-state index in [1.807, 2.05) is 11.8 Å². The number of carbonyl (C=O) groups excluding carboxylic acids is 1. The molecule has 0 aromatic heterocycles. The van der Waals surface area contributed by atoms with Crippen molar-refractivity contribution in [1.82, 2.24) is 9.80 Å². The van der Waals surface area contributed by atoms with E-state index in [0.717, 1.165) is 6.54 Å². The fourth-order valence-electron chi connectivity index (χ4n) is 1.73. The molecule has 2 atom stereocenters. The van der Waals surface area contributed by atoms with Crippen LogP contribution < -0.4 is 0 Å². The quantitative estimate of drug-likeness (QED) is 0.668. The van der Waals surface area contributed by atoms with Crippen molar-refractivity contribution in [1.29, 1.82) is 0 Å². The maximum absolute atomic E-state index is 11.7. The molecule has 0 radical (unpaired) electrons. The minimum atomic E-state index is -0.156. The number of rotatable bonds is 3. The van der Waals surface area contributed by atoms with Gasteiger partial charge in [0.1, 0.15) is 0 Å². The summed E-state index contributed by atoms with van der Waals surface area (Å²) in [6, 6.07) is -0.141. The molecule has 5 nitrogen and oxygen atoms in total. The Labute approximate surface area is 90.6 Å². The summed E-state index contributed by atoms with van der Waals surface area (Å²) in [5.41, 5.74) is 0. The van der Waals surface area contributed by atoms with E-state index in [2.05, 4.69) is 0 Å². The third-order valence-electron chi connectivity index (χ3n) is 2.72. The molecule has 1 fully saturated rings. The third-order valence-corrected chi connectivity index (χ3v) is 2.72. The van der Waals surface area contributed by atoms with Gasteiger partial charge in [0, 0.05) is 27.2 Å². The van der Waals surface area contributed by atoms with Crippen molar-refractivity contribution >= 4 is 5.91 Å². The van der Waals surface area contributed by atoms with Crippen LogP contribution >= 0.6 is 0 Å². The molecule has 1 amide bonds. The van der Waals surface area contributed by atoms with Crippen LogP contribution in [0.2, 0.25) is 0 Å². The van der Waals surface area contributed by atoms with Crippen molar-refractivity contribution in [3.05, 3.63) is 0 Å². The zero-order valence-corrected chi connectivity index (χ0v) is 9.64. The van der Waals surface area contributed by atoms with E-state index >= 15 is 0 Å². The molecule has 1 saturated heterocycles. The molecule has 0 aromatic rings. The van der Waals surface area contributed by atoms with Crippen molar-refractivity contribution in [2.24, 2.45) is 0 Å². The second-order valence-corrected chi connectivity index (χ2v) is 4.08. The summed E-state index contributed by atoms with van der Waals surface area (Å²) >= 11 is 0. The minimum Gasteiger partial charge on any atom is -0.394 e. The largest absolute Gasteiger partial charge is 0.394 e. The summed E-state index contributed by atoms with van der Waals surface area (Å²) in [5, 5.41) is 8.99. The summed E-state index contributed by atoms with van der Waals surface area (Å²) in [6.45, 7) is 3.85. The molecule has 0 aromatic carbocycles. The Hall–Kier alpha value is -0.650. The lowest BCUT2D eigenvalue weighted by atomic mass is 10.2. The lowest BCUT2D eigenvalue weighted by Crippen LogP contribution is -2.52. The first-order valence-electron chi connectivity index (χ1n) is 5.24. The molecule has 15 heavy (non-hydrogen) atoms. The highest BCUT2D eigenvalue weighted by Gasteiger charge is 2.28. The maximum Gasteiger partial charge on any atom is 0.239 e. The second-order valence-electron chi connectivity index (χ2n) is 4.08. The van der Waals surface area contributed by atoms with Crippen LogP contribution in [-0.2, 0) is 9.53 Å². The molecule has 0 saturated carbocycles. The van der Waals surface area contributed by atoms with E-state index in [1.54, 1.807) is 19.0 Å². The van der Waals surface area contributed by atoms with Crippen LogP contribution in [0, 0.1) is 0 Å². The average molecular weight is 216 g/mol. The lowest BCUT2D eigenvalue weighted by molar-refractivity contribution is -0.137. The molecule has 0 aliphatic carbocycles. The molecule has 1 aliphatic rings. The number of aliphatic hydroxyl groups excluding tert-OH is 1. The predicted octanol–water partition coefficient (Wildman–Crippen LogP) is -0.844. The SMILES string of the molecule is CC(C(=O)N(C)C)N1CCOC(CO)C1. The number of aliphatic hydroxyl groups is 1. The first-order valence-corrected chi connectivity index (χ1v) is 5.24. The van der Waals surface area contributed by atoms with E-state index in [1.165, 1.54) is 0 Å². The lowest BCUT2D eigenvalue weighted by Gasteiger charge is -2.36. The zero-order valence-electron chi connectivity index (χ0n) is 9.64. The summed E-state index contributed by atoms with van der Waals surface area (Å²) in [6.07, 6.45) is -0.156. The summed E-state index contributed by atoms with van der Waals surface area (Å²) in [7, 11) is 3.51. The smallest absolute Gasteiger partial charge is 0.239 e. The van der Waals surface area contributed by atoms with Gasteiger partial charge in [-0.2, -0.15) is 0 Å². The second kappa shape index (κ2) is 5.44. The Morgan fingerprint density at radius 3 is 2.87 bits per heavy atom. The van der Waals surface area contributed by atoms with Crippen LogP contribution in [0.3, 0.4) is 0 Å². The van der Waals surface area contributed by atoms with Crippen molar-refractivity contribution in [3.8, 4) is 0 Å². The third kappa shape index (κ3) is 3.15. The van der Waals surface area contributed by atoms with Gasteiger partial charge in [0.05, 0.1) is 25.4 Å². The summed E-state index contributed by atoms with van der Waals surface area (Å²) < 4.78 is 5.33. The Morgan fingerprint density at radius 2 is 2.33 bits per heavy atom. The normalized spacial score (nSPS) is 24.9. The first-order chi connectivity index (χ1) is 7.06. The van der Waals surface area contributed by atoms with Gasteiger partial charge in [-0.1, -0.05) is 0 Å². The monoisotopic (exact) mass is 216 g/mol. The summed E-state index contributed by atoms with van der Waals surface area (Å²) in [5.74, 6) is 0.0913. The van der Waals surface area contributed by atoms with Crippen molar-refractivity contribution in [2.75, 3.05) is 40.4 Å². The molecule has 0 spiro atoms. The highest BCUT2D eigenvalue weighted by molar-refractivity contribution is 5.80. The summed E-state index contributed by atoms with van der Waals surface area (Å²) in [4.78, 5) is 15.4. The molecule has 1 rings (SSSR count). The highest BCUT2D eigenvalue weighted by Crippen LogP contribution is 2.09.